The lowest BCUT2D eigenvalue weighted by atomic mass is 9.78. The van der Waals surface area contributed by atoms with Crippen LogP contribution in [0.5, 0.6) is 0 Å². The first-order chi connectivity index (χ1) is 9.74. The number of Topliss-reactive ketones (excluding diaryl/α,β-unsaturated/α-hetero) is 1. The summed E-state index contributed by atoms with van der Waals surface area (Å²) in [7, 11) is 0. The molecule has 114 valence electrons. The van der Waals surface area contributed by atoms with Gasteiger partial charge in [0, 0.05) is 16.7 Å². The summed E-state index contributed by atoms with van der Waals surface area (Å²) < 4.78 is 0. The highest BCUT2D eigenvalue weighted by atomic mass is 79.9. The molecule has 3 aliphatic rings. The van der Waals surface area contributed by atoms with E-state index in [1.807, 2.05) is 0 Å². The highest BCUT2D eigenvalue weighted by molar-refractivity contribution is 9.09. The molecule has 2 aliphatic carbocycles. The van der Waals surface area contributed by atoms with E-state index in [1.54, 1.807) is 4.90 Å². The average molecular weight is 343 g/mol. The lowest BCUT2D eigenvalue weighted by Gasteiger charge is -2.41. The Morgan fingerprint density at radius 2 is 1.65 bits per heavy atom. The summed E-state index contributed by atoms with van der Waals surface area (Å²) in [5.74, 6) is 1.88. The normalized spacial score (nSPS) is 42.0. The second-order valence-corrected chi connectivity index (χ2v) is 8.59. The lowest BCUT2D eigenvalue weighted by molar-refractivity contribution is -0.928. The molecular weight excluding hydrogens is 314 g/mol. The maximum Gasteiger partial charge on any atom is 0.189 e. The van der Waals surface area contributed by atoms with Crippen LogP contribution < -0.4 is 4.90 Å². The molecule has 0 aromatic rings. The smallest absolute Gasteiger partial charge is 0.189 e. The van der Waals surface area contributed by atoms with Crippen LogP contribution in [0.1, 0.15) is 64.2 Å². The van der Waals surface area contributed by atoms with Crippen molar-refractivity contribution in [3.05, 3.63) is 0 Å². The van der Waals surface area contributed by atoms with Gasteiger partial charge in [0.15, 0.2) is 5.78 Å². The molecule has 3 atom stereocenters. The Hall–Kier alpha value is 0.110. The molecule has 2 nitrogen and oxygen atoms in total. The highest BCUT2D eigenvalue weighted by Crippen LogP contribution is 2.30. The molecule has 20 heavy (non-hydrogen) atoms. The molecule has 2 saturated carbocycles. The summed E-state index contributed by atoms with van der Waals surface area (Å²) in [5.41, 5.74) is 0. The van der Waals surface area contributed by atoms with Crippen molar-refractivity contribution in [2.24, 2.45) is 11.8 Å². The summed E-state index contributed by atoms with van der Waals surface area (Å²) >= 11 is 3.69. The first-order valence-corrected chi connectivity index (χ1v) is 9.67. The van der Waals surface area contributed by atoms with Gasteiger partial charge in [0.05, 0.1) is 12.6 Å². The van der Waals surface area contributed by atoms with Gasteiger partial charge in [-0.05, 0) is 57.8 Å². The number of likely N-dealkylation sites (tertiary alicyclic amines) is 1. The topological polar surface area (TPSA) is 21.5 Å². The van der Waals surface area contributed by atoms with Crippen molar-refractivity contribution < 1.29 is 9.69 Å². The molecule has 1 N–H and O–H groups in total. The van der Waals surface area contributed by atoms with Gasteiger partial charge in [0.2, 0.25) is 0 Å². The van der Waals surface area contributed by atoms with Crippen LogP contribution in [0.3, 0.4) is 0 Å². The van der Waals surface area contributed by atoms with Crippen LogP contribution in [0.15, 0.2) is 0 Å². The van der Waals surface area contributed by atoms with E-state index in [-0.39, 0.29) is 0 Å². The predicted molar refractivity (Wildman–Crippen MR) is 85.4 cm³/mol. The first-order valence-electron chi connectivity index (χ1n) is 8.75. The van der Waals surface area contributed by atoms with Crippen LogP contribution in [0.2, 0.25) is 0 Å². The van der Waals surface area contributed by atoms with Crippen LogP contribution in [0, 0.1) is 11.8 Å². The number of alkyl halides is 1. The predicted octanol–water partition coefficient (Wildman–Crippen LogP) is 2.75. The number of carbonyl (C=O) groups is 1. The van der Waals surface area contributed by atoms with Crippen molar-refractivity contribution in [2.75, 3.05) is 13.1 Å². The fourth-order valence-electron chi connectivity index (χ4n) is 4.83. The molecular formula is C17H29BrNO+. The Morgan fingerprint density at radius 3 is 2.45 bits per heavy atom. The Balaban J connectivity index is 1.54. The summed E-state index contributed by atoms with van der Waals surface area (Å²) in [5, 5.41) is 0. The minimum atomic E-state index is 0.375. The molecule has 3 unspecified atom stereocenters. The maximum absolute atomic E-state index is 12.6. The van der Waals surface area contributed by atoms with E-state index in [9.17, 15) is 4.79 Å². The van der Waals surface area contributed by atoms with E-state index in [0.717, 1.165) is 31.3 Å². The Bertz CT molecular complexity index is 336. The third-order valence-corrected chi connectivity index (χ3v) is 6.94. The van der Waals surface area contributed by atoms with Gasteiger partial charge in [0.1, 0.15) is 6.54 Å². The summed E-state index contributed by atoms with van der Waals surface area (Å²) in [6.07, 6.45) is 13.0. The van der Waals surface area contributed by atoms with Gasteiger partial charge in [-0.15, -0.1) is 0 Å². The fraction of sp³-hybridized carbons (Fsp3) is 0.941. The van der Waals surface area contributed by atoms with Crippen LogP contribution in [0.4, 0.5) is 0 Å². The fourth-order valence-corrected chi connectivity index (χ4v) is 5.36. The quantitative estimate of drug-likeness (QED) is 0.782. The standard InChI is InChI=1S/C17H28BrNO/c18-15-9-7-14(8-10-15)17(20)12-19-11-3-5-13-4-1-2-6-16(13)19/h13-16H,1-12H2/p+1. The third kappa shape index (κ3) is 3.47. The molecule has 1 aliphatic heterocycles. The number of fused-ring (bicyclic) bond motifs is 1. The monoisotopic (exact) mass is 342 g/mol. The zero-order chi connectivity index (χ0) is 13.9. The van der Waals surface area contributed by atoms with E-state index >= 15 is 0 Å². The highest BCUT2D eigenvalue weighted by Gasteiger charge is 2.38. The SMILES string of the molecule is O=C(C[NH+]1CCCC2CCCCC21)C1CCC(Br)CC1. The number of halogens is 1. The zero-order valence-electron chi connectivity index (χ0n) is 12.6. The molecule has 0 aromatic heterocycles. The molecule has 0 aromatic carbocycles. The van der Waals surface area contributed by atoms with Crippen LogP contribution >= 0.6 is 15.9 Å². The van der Waals surface area contributed by atoms with Gasteiger partial charge < -0.3 is 4.90 Å². The largest absolute Gasteiger partial charge is 0.326 e. The summed E-state index contributed by atoms with van der Waals surface area (Å²) in [4.78, 5) is 14.9. The van der Waals surface area contributed by atoms with E-state index < -0.39 is 0 Å². The number of hydrogen-bond donors (Lipinski definition) is 1. The minimum Gasteiger partial charge on any atom is -0.326 e. The van der Waals surface area contributed by atoms with Gasteiger partial charge in [-0.25, -0.2) is 0 Å². The third-order valence-electron chi connectivity index (χ3n) is 6.02. The van der Waals surface area contributed by atoms with Crippen molar-refractivity contribution in [2.45, 2.75) is 75.1 Å². The lowest BCUT2D eigenvalue weighted by Crippen LogP contribution is -3.18. The van der Waals surface area contributed by atoms with Crippen molar-refractivity contribution >= 4 is 21.7 Å². The molecule has 0 amide bonds. The van der Waals surface area contributed by atoms with Crippen LogP contribution in [-0.2, 0) is 4.79 Å². The van der Waals surface area contributed by atoms with Gasteiger partial charge in [-0.1, -0.05) is 22.4 Å². The molecule has 3 fully saturated rings. The number of ketones is 1. The summed E-state index contributed by atoms with van der Waals surface area (Å²) in [6.45, 7) is 2.08. The van der Waals surface area contributed by atoms with Gasteiger partial charge in [0.25, 0.3) is 0 Å². The maximum atomic E-state index is 12.6. The summed E-state index contributed by atoms with van der Waals surface area (Å²) in [6, 6.07) is 0.814. The van der Waals surface area contributed by atoms with Crippen molar-refractivity contribution in [3.8, 4) is 0 Å². The second-order valence-electron chi connectivity index (χ2n) is 7.29. The molecule has 1 heterocycles. The van der Waals surface area contributed by atoms with Crippen molar-refractivity contribution in [1.29, 1.82) is 0 Å². The van der Waals surface area contributed by atoms with E-state index in [2.05, 4.69) is 15.9 Å². The van der Waals surface area contributed by atoms with Crippen LogP contribution in [0.25, 0.3) is 0 Å². The number of hydrogen-bond acceptors (Lipinski definition) is 1. The number of carbonyl (C=O) groups excluding carboxylic acids is 1. The van der Waals surface area contributed by atoms with E-state index in [0.29, 0.717) is 16.5 Å². The number of piperidine rings is 1. The molecule has 3 rings (SSSR count). The van der Waals surface area contributed by atoms with E-state index in [1.165, 1.54) is 57.9 Å². The van der Waals surface area contributed by atoms with Gasteiger partial charge >= 0.3 is 0 Å². The van der Waals surface area contributed by atoms with Gasteiger partial charge in [-0.3, -0.25) is 4.79 Å². The van der Waals surface area contributed by atoms with Gasteiger partial charge in [-0.2, -0.15) is 0 Å². The Morgan fingerprint density at radius 1 is 0.950 bits per heavy atom. The second kappa shape index (κ2) is 6.91. The Kier molecular flexibility index (Phi) is 5.19. The number of rotatable bonds is 3. The first kappa shape index (κ1) is 15.0. The van der Waals surface area contributed by atoms with Crippen LogP contribution in [-0.4, -0.2) is 29.7 Å². The average Bonchev–Trinajstić information content (AvgIpc) is 2.48. The molecule has 0 bridgehead atoms. The number of nitrogens with one attached hydrogen (secondary N) is 1. The van der Waals surface area contributed by atoms with E-state index in [4.69, 9.17) is 0 Å². The molecule has 0 radical (unpaired) electrons. The van der Waals surface area contributed by atoms with Crippen molar-refractivity contribution in [1.82, 2.24) is 0 Å². The van der Waals surface area contributed by atoms with Crippen molar-refractivity contribution in [3.63, 3.8) is 0 Å². The zero-order valence-corrected chi connectivity index (χ0v) is 14.2. The Labute approximate surface area is 131 Å². The molecule has 3 heteroatoms. The number of quaternary nitrogens is 1. The molecule has 1 saturated heterocycles. The molecule has 0 spiro atoms. The minimum absolute atomic E-state index is 0.375.